The number of para-hydroxylation sites is 9. The van der Waals surface area contributed by atoms with Gasteiger partial charge in [0, 0.05) is 147 Å². The molecule has 0 saturated heterocycles. The van der Waals surface area contributed by atoms with Crippen LogP contribution in [0.1, 0.15) is 0 Å². The van der Waals surface area contributed by atoms with Crippen LogP contribution in [-0.2, 0) is 54.1 Å². The number of rotatable bonds is 14. The molecule has 0 N–H and O–H groups in total. The summed E-state index contributed by atoms with van der Waals surface area (Å²) in [5.74, 6) is 5.44. The molecule has 0 aliphatic heterocycles. The molecule has 0 aliphatic rings. The fourth-order valence-corrected chi connectivity index (χ4v) is 20.2. The molecule has 0 saturated carbocycles. The van der Waals surface area contributed by atoms with E-state index in [1.54, 1.807) is 0 Å². The number of hydrogen-bond donors (Lipinski definition) is 0. The summed E-state index contributed by atoms with van der Waals surface area (Å²) >= 11 is 2.93. The standard InChI is InChI=1S/C39H27BN4O.C39H25BN4O.C27H20BN4.C12H7BrO.4ClH.2K.2Pt/c2*1-43-23-22-42-39(43)26-10-8-11-27(24-26)40(33-15-9-14-32-31-13-3-5-17-36(31)45-38(32)33)28-19-20-30-29-12-2-4-16-34(29)44(35(30)25-28)37-18-6-7-21-41-37;1-31-16-15-30-27(31)19-7-6-8-20(17-19)28-21-12-13-23-22-9-2-3-10-24(22)32(25(23)18-21)26-11-4-5-14-29-26;13-10-6-3-5-9-8-4-1-2-7-11(8)14-12(9)10;;;;;;;;/h2-25H,1H3;2-23H,1H3;2-18H,1H3;1-7H;4*1H;;;;/q;-2;;;;;;;;;+2;+4/p-4. The monoisotopic (exact) mass is 2420 g/mol. The smallest absolute Gasteiger partial charge is 2.00 e. The summed E-state index contributed by atoms with van der Waals surface area (Å²) in [5.41, 5.74) is 24.0. The van der Waals surface area contributed by atoms with Gasteiger partial charge in [0.1, 0.15) is 62.6 Å². The number of benzene rings is 15. The summed E-state index contributed by atoms with van der Waals surface area (Å²) in [4.78, 5) is 27.9. The molecule has 12 heterocycles. The topological polar surface area (TPSA) is 146 Å². The molecule has 0 amide bonds. The van der Waals surface area contributed by atoms with Gasteiger partial charge in [0.05, 0.1) is 32.4 Å². The molecule has 27 heteroatoms. The van der Waals surface area contributed by atoms with Crippen LogP contribution in [-0.4, -0.2) is 141 Å². The molecule has 27 aromatic rings. The maximum atomic E-state index is 6.63. The van der Waals surface area contributed by atoms with Gasteiger partial charge in [-0.15, -0.1) is 35.2 Å². The molecular weight excluding hydrogens is 2340 g/mol. The van der Waals surface area contributed by atoms with E-state index >= 15 is 0 Å². The molecule has 0 atom stereocenters. The Morgan fingerprint density at radius 3 is 1.23 bits per heavy atom. The van der Waals surface area contributed by atoms with Gasteiger partial charge in [-0.05, 0) is 123 Å². The van der Waals surface area contributed by atoms with Crippen LogP contribution in [0.4, 0.5) is 0 Å². The van der Waals surface area contributed by atoms with Crippen molar-refractivity contribution in [1.82, 2.24) is 57.3 Å². The van der Waals surface area contributed by atoms with E-state index in [4.69, 9.17) is 60.9 Å². The van der Waals surface area contributed by atoms with Crippen LogP contribution in [0.2, 0.25) is 0 Å². The first-order valence-corrected chi connectivity index (χ1v) is 74.8. The average molecular weight is 2420 g/mol. The second-order valence-electron chi connectivity index (χ2n) is 34.3. The van der Waals surface area contributed by atoms with Crippen molar-refractivity contribution in [3.63, 3.8) is 0 Å². The van der Waals surface area contributed by atoms with E-state index < -0.39 is 11.9 Å². The molecular formula is C117H79B3BrCl4K2N12O3Pt2. The number of hydrogen-bond acceptors (Lipinski definition) is 9. The Balaban J connectivity index is 0.000000116. The number of aryl methyl sites for hydroxylation is 3. The molecule has 0 fully saturated rings. The third-order valence-corrected chi connectivity index (χ3v) is 26.5. The number of aromatic nitrogens is 12. The van der Waals surface area contributed by atoms with Crippen molar-refractivity contribution in [2.24, 2.45) is 21.1 Å². The number of furan rings is 3. The third kappa shape index (κ3) is 20.0. The van der Waals surface area contributed by atoms with Crippen LogP contribution in [0.15, 0.2) is 444 Å². The Hall–Kier alpha value is -11.3. The van der Waals surface area contributed by atoms with Crippen molar-refractivity contribution < 1.29 is 46.2 Å². The van der Waals surface area contributed by atoms with Crippen molar-refractivity contribution in [3.8, 4) is 51.6 Å². The minimum atomic E-state index is -3.06. The summed E-state index contributed by atoms with van der Waals surface area (Å²) in [6.45, 7) is -0.317. The Bertz CT molecular complexity index is 9040. The van der Waals surface area contributed by atoms with Crippen LogP contribution in [0.5, 0.6) is 0 Å². The van der Waals surface area contributed by atoms with E-state index in [1.807, 2.05) is 183 Å². The van der Waals surface area contributed by atoms with Gasteiger partial charge in [-0.3, -0.25) is 14.1 Å². The molecule has 1 radical (unpaired) electrons. The minimum Gasteiger partial charge on any atom is 2.00 e. The summed E-state index contributed by atoms with van der Waals surface area (Å²) in [6.07, 6.45) is 16.9. The van der Waals surface area contributed by atoms with Gasteiger partial charge >= 0.3 is 134 Å². The van der Waals surface area contributed by atoms with E-state index in [2.05, 4.69) is 347 Å². The summed E-state index contributed by atoms with van der Waals surface area (Å²) in [5, 5.41) is 13.9. The summed E-state index contributed by atoms with van der Waals surface area (Å²) < 4.78 is 32.8. The van der Waals surface area contributed by atoms with Gasteiger partial charge in [-0.2, -0.15) is 29.1 Å². The molecule has 27 rings (SSSR count). The van der Waals surface area contributed by atoms with Crippen molar-refractivity contribution in [2.45, 2.75) is 0 Å². The first-order chi connectivity index (χ1) is 70.1. The second-order valence-corrected chi connectivity index (χ2v) is 54.9. The fourth-order valence-electron chi connectivity index (χ4n) is 19.8. The predicted molar refractivity (Wildman–Crippen MR) is 597 cm³/mol. The Morgan fingerprint density at radius 2 is 0.701 bits per heavy atom. The zero-order valence-corrected chi connectivity index (χ0v) is 93.7. The normalized spacial score (nSPS) is 11.5. The summed E-state index contributed by atoms with van der Waals surface area (Å²) in [6, 6.07) is 136. The van der Waals surface area contributed by atoms with Crippen molar-refractivity contribution >= 4 is 312 Å². The Kier molecular flexibility index (Phi) is 30.0. The molecule has 15 nitrogen and oxygen atoms in total. The number of halogens is 5. The van der Waals surface area contributed by atoms with E-state index in [0.29, 0.717) is 0 Å². The molecule has 0 bridgehead atoms. The van der Waals surface area contributed by atoms with E-state index in [1.165, 1.54) is 106 Å². The maximum absolute atomic E-state index is 6.63. The van der Waals surface area contributed by atoms with E-state index in [0.717, 1.165) is 188 Å². The molecule has 0 spiro atoms. The number of fused-ring (bicyclic) bond motifs is 18. The first kappa shape index (κ1) is 98.7. The quantitative estimate of drug-likeness (QED) is 0.0767. The van der Waals surface area contributed by atoms with Crippen LogP contribution >= 0.6 is 53.6 Å². The van der Waals surface area contributed by atoms with Crippen LogP contribution in [0.3, 0.4) is 0 Å². The van der Waals surface area contributed by atoms with Crippen LogP contribution < -0.4 is 43.7 Å². The number of pyridine rings is 3. The van der Waals surface area contributed by atoms with Gasteiger partial charge in [-0.1, -0.05) is 276 Å². The largest absolute Gasteiger partial charge is 2.00 e. The maximum Gasteiger partial charge on any atom is 2.00 e. The number of imidazole rings is 3. The zero-order chi connectivity index (χ0) is 97.4. The Morgan fingerprint density at radius 1 is 0.312 bits per heavy atom. The molecule has 144 heavy (non-hydrogen) atoms. The third-order valence-electron chi connectivity index (χ3n) is 25.9. The number of nitrogens with zero attached hydrogens (tertiary/aromatic N) is 12. The molecule has 691 valence electrons. The van der Waals surface area contributed by atoms with Crippen molar-refractivity contribution in [3.05, 3.63) is 442 Å². The average Bonchev–Trinajstić information content (AvgIpc) is 1.58. The van der Waals surface area contributed by atoms with Crippen LogP contribution in [0.25, 0.3) is 183 Å². The molecule has 0 unspecified atom stereocenters. The van der Waals surface area contributed by atoms with Gasteiger partial charge in [0.25, 0.3) is 0 Å². The van der Waals surface area contributed by atoms with Gasteiger partial charge < -0.3 is 31.5 Å². The van der Waals surface area contributed by atoms with Crippen LogP contribution in [0, 0.1) is 12.1 Å². The van der Waals surface area contributed by atoms with Gasteiger partial charge in [0.2, 0.25) is 13.4 Å². The Labute approximate surface area is 918 Å². The van der Waals surface area contributed by atoms with E-state index in [9.17, 15) is 0 Å². The molecule has 0 aliphatic carbocycles. The SMILES string of the molecule is Brc1cccc2c1oc1ccccc12.Cn1ccnc1-c1[c-]c(B(c2[c-]c3c(cc2)c2ccccc2n3-c2ccccn2)c2cccc3c2oc2ccccc23)ccc1.Cn1ccnc1-c1cccc(B(c2ccc3c4ccccc4n(-c4ccccn4)c3c2)c2cccc3c2oc2ccccc23)c1.Cn1ccnc1-c1cccc([B]c2ccc3c4ccccc4n(-c4ccccn4)c3c2)c1.[Cl][Pt]([Cl])([Cl])[Cl].[K][K].[Pt+2]. The van der Waals surface area contributed by atoms with E-state index in [-0.39, 0.29) is 34.5 Å². The summed E-state index contributed by atoms with van der Waals surface area (Å²) in [7, 11) is 28.3. The van der Waals surface area contributed by atoms with Gasteiger partial charge in [0.15, 0.2) is 7.28 Å². The zero-order valence-electron chi connectivity index (χ0n) is 78.3. The second kappa shape index (κ2) is 43.8. The van der Waals surface area contributed by atoms with Gasteiger partial charge in [-0.25, -0.2) is 24.9 Å². The first-order valence-electron chi connectivity index (χ1n) is 46.7. The van der Waals surface area contributed by atoms with Crippen molar-refractivity contribution in [2.75, 3.05) is 0 Å². The predicted octanol–water partition coefficient (Wildman–Crippen LogP) is 24.2. The minimum absolute atomic E-state index is 0. The molecule has 15 aromatic carbocycles. The van der Waals surface area contributed by atoms with Crippen molar-refractivity contribution in [1.29, 1.82) is 0 Å². The fraction of sp³-hybridized carbons (Fsp3) is 0.0256. The molecule has 12 aromatic heterocycles.